The van der Waals surface area contributed by atoms with Gasteiger partial charge in [-0.05, 0) is 74.8 Å². The zero-order chi connectivity index (χ0) is 31.9. The molecule has 0 spiro atoms. The fraction of sp³-hybridized carbons (Fsp3) is 0.500. The summed E-state index contributed by atoms with van der Waals surface area (Å²) in [4.78, 5) is 5.69. The smallest absolute Gasteiger partial charge is 0.107 e. The summed E-state index contributed by atoms with van der Waals surface area (Å²) in [5, 5.41) is 30.6. The highest BCUT2D eigenvalue weighted by Crippen LogP contribution is 2.34. The Morgan fingerprint density at radius 2 is 1.86 bits per heavy atom. The average Bonchev–Trinajstić information content (AvgIpc) is 3.00. The highest BCUT2D eigenvalue weighted by atomic mass is 16.7. The SMILES string of the molecule is C=C/C=C(\C=C/C)N1OCC1c1ccc(CCCCCC2CC(O)[C@H](C)C(CC#N)O2)cc1.CCC(O)c1ccc(C)cc1. The van der Waals surface area contributed by atoms with Gasteiger partial charge in [-0.15, -0.1) is 0 Å². The van der Waals surface area contributed by atoms with E-state index in [9.17, 15) is 10.2 Å². The number of unbranched alkanes of at least 4 members (excludes halogenated alkanes) is 2. The molecule has 2 saturated heterocycles. The molecule has 2 heterocycles. The van der Waals surface area contributed by atoms with E-state index in [0.29, 0.717) is 19.4 Å². The third kappa shape index (κ3) is 10.5. The molecule has 2 aromatic carbocycles. The minimum Gasteiger partial charge on any atom is -0.393 e. The number of aliphatic hydroxyl groups is 2. The quantitative estimate of drug-likeness (QED) is 0.178. The first-order valence-corrected chi connectivity index (χ1v) is 16.2. The topological polar surface area (TPSA) is 86.0 Å². The molecule has 6 heteroatoms. The van der Waals surface area contributed by atoms with Crippen LogP contribution in [0.4, 0.5) is 0 Å². The van der Waals surface area contributed by atoms with Crippen molar-refractivity contribution < 1.29 is 19.8 Å². The number of benzene rings is 2. The standard InChI is InChI=1S/C28H38N2O3.C10H14O/c1-4-9-24(10-5-2)30-26(20-32-30)23-15-13-22(14-16-23)11-7-6-8-12-25-19-27(31)21(3)28(33-25)17-18-29;1-3-10(11)9-6-4-8(2)5-7-9/h4-5,9-10,13-16,21,25-28,31H,1,6-8,11-12,17,19-20H2,2-3H3;4-7,10-11H,3H2,1-2H3/b10-5-,24-9+;/t21-,25?,26?,27?,28?;/m0./s1. The number of aryl methyl sites for hydroxylation is 2. The third-order valence-corrected chi connectivity index (χ3v) is 8.60. The van der Waals surface area contributed by atoms with Crippen molar-refractivity contribution in [1.82, 2.24) is 5.06 Å². The average molecular weight is 601 g/mol. The van der Waals surface area contributed by atoms with E-state index >= 15 is 0 Å². The molecule has 0 aliphatic carbocycles. The van der Waals surface area contributed by atoms with E-state index in [2.05, 4.69) is 36.9 Å². The molecule has 238 valence electrons. The van der Waals surface area contributed by atoms with E-state index in [4.69, 9.17) is 14.8 Å². The minimum atomic E-state index is -0.362. The lowest BCUT2D eigenvalue weighted by molar-refractivity contribution is -0.266. The highest BCUT2D eigenvalue weighted by molar-refractivity contribution is 5.30. The van der Waals surface area contributed by atoms with E-state index in [0.717, 1.165) is 49.8 Å². The summed E-state index contributed by atoms with van der Waals surface area (Å²) >= 11 is 0. The largest absolute Gasteiger partial charge is 0.393 e. The molecule has 2 aliphatic heterocycles. The first-order valence-electron chi connectivity index (χ1n) is 16.2. The Morgan fingerprint density at radius 3 is 2.45 bits per heavy atom. The Bertz CT molecular complexity index is 1230. The summed E-state index contributed by atoms with van der Waals surface area (Å²) in [7, 11) is 0. The first kappa shape index (κ1) is 35.3. The fourth-order valence-corrected chi connectivity index (χ4v) is 5.68. The van der Waals surface area contributed by atoms with Crippen LogP contribution in [0.25, 0.3) is 0 Å². The Hall–Kier alpha value is -3.21. The van der Waals surface area contributed by atoms with Gasteiger partial charge in [0.25, 0.3) is 0 Å². The molecular weight excluding hydrogens is 548 g/mol. The maximum absolute atomic E-state index is 10.3. The molecular formula is C38H52N2O4. The van der Waals surface area contributed by atoms with Gasteiger partial charge in [0.15, 0.2) is 0 Å². The van der Waals surface area contributed by atoms with E-state index < -0.39 is 0 Å². The summed E-state index contributed by atoms with van der Waals surface area (Å²) in [5.74, 6) is 0.0372. The normalized spacial score (nSPS) is 24.2. The van der Waals surface area contributed by atoms with Crippen LogP contribution in [-0.4, -0.2) is 40.2 Å². The number of aliphatic hydroxyl groups excluding tert-OH is 2. The predicted octanol–water partition coefficient (Wildman–Crippen LogP) is 8.23. The van der Waals surface area contributed by atoms with Crippen LogP contribution in [-0.2, 0) is 16.0 Å². The molecule has 6 nitrogen and oxygen atoms in total. The van der Waals surface area contributed by atoms with Gasteiger partial charge < -0.3 is 14.9 Å². The lowest BCUT2D eigenvalue weighted by Crippen LogP contribution is -2.42. The molecule has 4 rings (SSSR count). The second kappa shape index (κ2) is 18.6. The molecule has 0 aromatic heterocycles. The maximum Gasteiger partial charge on any atom is 0.107 e. The molecule has 0 radical (unpaired) electrons. The van der Waals surface area contributed by atoms with Crippen molar-refractivity contribution in [1.29, 1.82) is 5.26 Å². The number of nitrogens with zero attached hydrogens (tertiary/aromatic N) is 2. The van der Waals surface area contributed by atoms with Crippen molar-refractivity contribution in [2.24, 2.45) is 5.92 Å². The van der Waals surface area contributed by atoms with Gasteiger partial charge in [0, 0.05) is 5.92 Å². The van der Waals surface area contributed by atoms with Crippen molar-refractivity contribution in [2.75, 3.05) is 6.61 Å². The van der Waals surface area contributed by atoms with Gasteiger partial charge in [0.05, 0.1) is 42.6 Å². The van der Waals surface area contributed by atoms with Gasteiger partial charge in [-0.1, -0.05) is 99.5 Å². The molecule has 2 N–H and O–H groups in total. The maximum atomic E-state index is 10.3. The minimum absolute atomic E-state index is 0.0372. The Morgan fingerprint density at radius 1 is 1.14 bits per heavy atom. The van der Waals surface area contributed by atoms with E-state index in [1.807, 2.05) is 75.3 Å². The van der Waals surface area contributed by atoms with E-state index in [1.165, 1.54) is 16.7 Å². The van der Waals surface area contributed by atoms with Crippen molar-refractivity contribution in [3.63, 3.8) is 0 Å². The Kier molecular flexibility index (Phi) is 14.9. The Labute approximate surface area is 265 Å². The number of ether oxygens (including phenoxy) is 1. The summed E-state index contributed by atoms with van der Waals surface area (Å²) in [5.41, 5.74) is 5.87. The highest BCUT2D eigenvalue weighted by Gasteiger charge is 2.34. The van der Waals surface area contributed by atoms with Gasteiger partial charge in [-0.2, -0.15) is 5.26 Å². The van der Waals surface area contributed by atoms with Crippen LogP contribution >= 0.6 is 0 Å². The molecule has 2 fully saturated rings. The molecule has 44 heavy (non-hydrogen) atoms. The molecule has 5 unspecified atom stereocenters. The fourth-order valence-electron chi connectivity index (χ4n) is 5.68. The van der Waals surface area contributed by atoms with E-state index in [1.54, 1.807) is 6.08 Å². The molecule has 6 atom stereocenters. The summed E-state index contributed by atoms with van der Waals surface area (Å²) in [6.07, 6.45) is 14.3. The number of nitriles is 1. The van der Waals surface area contributed by atoms with Gasteiger partial charge in [-0.25, -0.2) is 5.06 Å². The lowest BCUT2D eigenvalue weighted by Gasteiger charge is -2.42. The van der Waals surface area contributed by atoms with Crippen LogP contribution < -0.4 is 0 Å². The summed E-state index contributed by atoms with van der Waals surface area (Å²) < 4.78 is 6.07. The zero-order valence-corrected chi connectivity index (χ0v) is 27.1. The van der Waals surface area contributed by atoms with Crippen LogP contribution in [0.15, 0.2) is 85.1 Å². The molecule has 0 amide bonds. The molecule has 2 aromatic rings. The molecule has 0 bridgehead atoms. The van der Waals surface area contributed by atoms with Crippen LogP contribution in [0.1, 0.15) is 100 Å². The molecule has 0 saturated carbocycles. The summed E-state index contributed by atoms with van der Waals surface area (Å²) in [6.45, 7) is 12.5. The number of allylic oxidation sites excluding steroid dienone is 4. The summed E-state index contributed by atoms with van der Waals surface area (Å²) in [6, 6.07) is 19.3. The molecule has 2 aliphatic rings. The van der Waals surface area contributed by atoms with Crippen molar-refractivity contribution >= 4 is 0 Å². The first-order chi connectivity index (χ1) is 21.3. The number of rotatable bonds is 13. The van der Waals surface area contributed by atoms with Crippen LogP contribution in [0.2, 0.25) is 0 Å². The third-order valence-electron chi connectivity index (χ3n) is 8.60. The predicted molar refractivity (Wildman–Crippen MR) is 177 cm³/mol. The van der Waals surface area contributed by atoms with Gasteiger partial charge in [-0.3, -0.25) is 4.84 Å². The lowest BCUT2D eigenvalue weighted by atomic mass is 9.87. The number of hydrogen-bond acceptors (Lipinski definition) is 6. The van der Waals surface area contributed by atoms with Crippen LogP contribution in [0.5, 0.6) is 0 Å². The van der Waals surface area contributed by atoms with Crippen molar-refractivity contribution in [3.05, 3.63) is 107 Å². The van der Waals surface area contributed by atoms with Gasteiger partial charge in [0.1, 0.15) is 12.6 Å². The van der Waals surface area contributed by atoms with Gasteiger partial charge in [0.2, 0.25) is 0 Å². The Balaban J connectivity index is 0.000000404. The number of hydroxylamine groups is 2. The van der Waals surface area contributed by atoms with E-state index in [-0.39, 0.29) is 36.4 Å². The van der Waals surface area contributed by atoms with Gasteiger partial charge >= 0.3 is 0 Å². The van der Waals surface area contributed by atoms with Crippen molar-refractivity contribution in [2.45, 2.75) is 110 Å². The second-order valence-electron chi connectivity index (χ2n) is 12.0. The number of hydrogen-bond donors (Lipinski definition) is 2. The second-order valence-corrected chi connectivity index (χ2v) is 12.0. The monoisotopic (exact) mass is 600 g/mol. The van der Waals surface area contributed by atoms with Crippen molar-refractivity contribution in [3.8, 4) is 6.07 Å². The van der Waals surface area contributed by atoms with Crippen LogP contribution in [0.3, 0.4) is 0 Å². The van der Waals surface area contributed by atoms with Crippen LogP contribution in [0, 0.1) is 24.2 Å². The zero-order valence-electron chi connectivity index (χ0n) is 27.1.